The fourth-order valence-corrected chi connectivity index (χ4v) is 4.18. The summed E-state index contributed by atoms with van der Waals surface area (Å²) in [5.41, 5.74) is 0.726. The van der Waals surface area contributed by atoms with E-state index in [1.165, 1.54) is 23.9 Å². The van der Waals surface area contributed by atoms with E-state index < -0.39 is 16.1 Å². The number of aryl methyl sites for hydroxylation is 1. The van der Waals surface area contributed by atoms with Gasteiger partial charge in [0.15, 0.2) is 5.03 Å². The monoisotopic (exact) mass is 337 g/mol. The maximum atomic E-state index is 12.1. The Kier molecular flexibility index (Phi) is 4.00. The fraction of sp³-hybridized carbons (Fsp3) is 0.214. The number of aliphatic hydroxyl groups is 1. The number of nitrogens with one attached hydrogen (secondary N) is 1. The van der Waals surface area contributed by atoms with Crippen LogP contribution in [0.5, 0.6) is 0 Å². The Bertz CT molecular complexity index is 899. The molecule has 2 aromatic heterocycles. The summed E-state index contributed by atoms with van der Waals surface area (Å²) in [5, 5.41) is 13.0. The molecule has 1 atom stereocenters. The van der Waals surface area contributed by atoms with Crippen LogP contribution in [0.25, 0.3) is 10.1 Å². The van der Waals surface area contributed by atoms with E-state index in [4.69, 9.17) is 0 Å². The molecule has 2 heterocycles. The molecule has 3 aromatic rings. The molecule has 0 aliphatic heterocycles. The highest BCUT2D eigenvalue weighted by molar-refractivity contribution is 7.89. The third-order valence-corrected chi connectivity index (χ3v) is 5.58. The summed E-state index contributed by atoms with van der Waals surface area (Å²) in [4.78, 5) is 3.81. The molecule has 6 nitrogen and oxygen atoms in total. The van der Waals surface area contributed by atoms with Crippen LogP contribution in [-0.2, 0) is 17.1 Å². The molecule has 2 N–H and O–H groups in total. The molecule has 0 aliphatic carbocycles. The van der Waals surface area contributed by atoms with Crippen molar-refractivity contribution >= 4 is 31.4 Å². The van der Waals surface area contributed by atoms with Gasteiger partial charge in [-0.2, -0.15) is 0 Å². The van der Waals surface area contributed by atoms with Crippen LogP contribution in [0.2, 0.25) is 0 Å². The van der Waals surface area contributed by atoms with Gasteiger partial charge in [0.2, 0.25) is 0 Å². The number of rotatable bonds is 5. The first kappa shape index (κ1) is 15.2. The van der Waals surface area contributed by atoms with Crippen molar-refractivity contribution in [3.8, 4) is 0 Å². The number of sulfonamides is 1. The lowest BCUT2D eigenvalue weighted by atomic mass is 10.1. The quantitative estimate of drug-likeness (QED) is 0.741. The smallest absolute Gasteiger partial charge is 0.259 e. The Morgan fingerprint density at radius 2 is 2.18 bits per heavy atom. The van der Waals surface area contributed by atoms with E-state index in [9.17, 15) is 13.5 Å². The molecule has 0 aliphatic rings. The molecule has 0 spiro atoms. The zero-order valence-corrected chi connectivity index (χ0v) is 13.4. The lowest BCUT2D eigenvalue weighted by Gasteiger charge is -2.11. The number of hydrogen-bond donors (Lipinski definition) is 2. The number of imidazole rings is 1. The third-order valence-electron chi connectivity index (χ3n) is 3.29. The molecule has 22 heavy (non-hydrogen) atoms. The highest BCUT2D eigenvalue weighted by Gasteiger charge is 2.20. The highest BCUT2D eigenvalue weighted by atomic mass is 32.2. The molecule has 8 heteroatoms. The van der Waals surface area contributed by atoms with Crippen molar-refractivity contribution in [3.05, 3.63) is 47.7 Å². The second-order valence-corrected chi connectivity index (χ2v) is 7.56. The second-order valence-electron chi connectivity index (χ2n) is 4.93. The van der Waals surface area contributed by atoms with Crippen LogP contribution in [0.1, 0.15) is 11.7 Å². The van der Waals surface area contributed by atoms with Crippen molar-refractivity contribution in [2.24, 2.45) is 7.05 Å². The maximum Gasteiger partial charge on any atom is 0.259 e. The van der Waals surface area contributed by atoms with E-state index in [1.54, 1.807) is 11.6 Å². The minimum atomic E-state index is -3.72. The SMILES string of the molecule is Cn1cnc(S(=O)(=O)NCC(O)c2csc3ccccc23)c1. The number of benzene rings is 1. The van der Waals surface area contributed by atoms with E-state index in [0.717, 1.165) is 15.6 Å². The zero-order chi connectivity index (χ0) is 15.7. The van der Waals surface area contributed by atoms with Crippen molar-refractivity contribution in [1.82, 2.24) is 14.3 Å². The number of aromatic nitrogens is 2. The van der Waals surface area contributed by atoms with Crippen LogP contribution >= 0.6 is 11.3 Å². The molecule has 0 saturated heterocycles. The Hall–Kier alpha value is -1.74. The van der Waals surface area contributed by atoms with Crippen molar-refractivity contribution < 1.29 is 13.5 Å². The first-order chi connectivity index (χ1) is 10.5. The lowest BCUT2D eigenvalue weighted by Crippen LogP contribution is -2.28. The minimum Gasteiger partial charge on any atom is -0.387 e. The molecule has 0 amide bonds. The van der Waals surface area contributed by atoms with Gasteiger partial charge in [0.05, 0.1) is 12.4 Å². The van der Waals surface area contributed by atoms with E-state index in [0.29, 0.717) is 0 Å². The van der Waals surface area contributed by atoms with Gasteiger partial charge in [0, 0.05) is 30.1 Å². The Labute approximate surface area is 132 Å². The van der Waals surface area contributed by atoms with Gasteiger partial charge in [-0.05, 0) is 16.8 Å². The zero-order valence-electron chi connectivity index (χ0n) is 11.8. The summed E-state index contributed by atoms with van der Waals surface area (Å²) in [6.07, 6.45) is 1.92. The van der Waals surface area contributed by atoms with Gasteiger partial charge in [0.1, 0.15) is 0 Å². The molecule has 0 fully saturated rings. The molecule has 0 radical (unpaired) electrons. The van der Waals surface area contributed by atoms with Gasteiger partial charge in [-0.1, -0.05) is 18.2 Å². The Morgan fingerprint density at radius 1 is 1.41 bits per heavy atom. The standard InChI is InChI=1S/C14H15N3O3S2/c1-17-7-14(15-9-17)22(19,20)16-6-12(18)11-8-21-13-5-3-2-4-10(11)13/h2-5,7-9,12,16,18H,6H2,1H3. The van der Waals surface area contributed by atoms with Crippen LogP contribution in [0, 0.1) is 0 Å². The first-order valence-electron chi connectivity index (χ1n) is 6.59. The molecule has 1 unspecified atom stereocenters. The van der Waals surface area contributed by atoms with Gasteiger partial charge in [0.25, 0.3) is 10.0 Å². The largest absolute Gasteiger partial charge is 0.387 e. The Balaban J connectivity index is 1.76. The van der Waals surface area contributed by atoms with Gasteiger partial charge in [-0.3, -0.25) is 0 Å². The molecule has 1 aromatic carbocycles. The van der Waals surface area contributed by atoms with Crippen LogP contribution in [0.3, 0.4) is 0 Å². The predicted molar refractivity (Wildman–Crippen MR) is 85.2 cm³/mol. The van der Waals surface area contributed by atoms with Crippen molar-refractivity contribution in [2.45, 2.75) is 11.1 Å². The summed E-state index contributed by atoms with van der Waals surface area (Å²) in [6, 6.07) is 7.70. The van der Waals surface area contributed by atoms with Crippen LogP contribution < -0.4 is 4.72 Å². The van der Waals surface area contributed by atoms with Crippen LogP contribution in [-0.4, -0.2) is 29.6 Å². The van der Waals surface area contributed by atoms with Gasteiger partial charge >= 0.3 is 0 Å². The highest BCUT2D eigenvalue weighted by Crippen LogP contribution is 2.30. The summed E-state index contributed by atoms with van der Waals surface area (Å²) < 4.78 is 29.2. The van der Waals surface area contributed by atoms with Crippen molar-refractivity contribution in [1.29, 1.82) is 0 Å². The predicted octanol–water partition coefficient (Wildman–Crippen LogP) is 1.65. The summed E-state index contributed by atoms with van der Waals surface area (Å²) in [7, 11) is -2.02. The van der Waals surface area contributed by atoms with Crippen molar-refractivity contribution in [2.75, 3.05) is 6.54 Å². The number of nitrogens with zero attached hydrogens (tertiary/aromatic N) is 2. The fourth-order valence-electron chi connectivity index (χ4n) is 2.16. The number of aliphatic hydroxyl groups excluding tert-OH is 1. The normalized spacial score (nSPS) is 13.5. The summed E-state index contributed by atoms with van der Waals surface area (Å²) in [5.74, 6) is 0. The molecule has 0 bridgehead atoms. The van der Waals surface area contributed by atoms with Gasteiger partial charge < -0.3 is 9.67 Å². The van der Waals surface area contributed by atoms with E-state index in [1.807, 2.05) is 29.6 Å². The number of thiophene rings is 1. The molecular weight excluding hydrogens is 322 g/mol. The van der Waals surface area contributed by atoms with Crippen molar-refractivity contribution in [3.63, 3.8) is 0 Å². The van der Waals surface area contributed by atoms with Gasteiger partial charge in [-0.25, -0.2) is 18.1 Å². The van der Waals surface area contributed by atoms with E-state index in [2.05, 4.69) is 9.71 Å². The van der Waals surface area contributed by atoms with E-state index in [-0.39, 0.29) is 11.6 Å². The summed E-state index contributed by atoms with van der Waals surface area (Å²) in [6.45, 7) is -0.0976. The van der Waals surface area contributed by atoms with E-state index >= 15 is 0 Å². The van der Waals surface area contributed by atoms with Gasteiger partial charge in [-0.15, -0.1) is 11.3 Å². The first-order valence-corrected chi connectivity index (χ1v) is 8.95. The molecule has 116 valence electrons. The van der Waals surface area contributed by atoms with Crippen LogP contribution in [0.15, 0.2) is 47.2 Å². The second kappa shape index (κ2) is 5.81. The molecular formula is C14H15N3O3S2. The average molecular weight is 337 g/mol. The number of hydrogen-bond acceptors (Lipinski definition) is 5. The third kappa shape index (κ3) is 2.91. The topological polar surface area (TPSA) is 84.2 Å². The number of fused-ring (bicyclic) bond motifs is 1. The average Bonchev–Trinajstić information content (AvgIpc) is 3.11. The summed E-state index contributed by atoms with van der Waals surface area (Å²) >= 11 is 1.52. The van der Waals surface area contributed by atoms with Crippen LogP contribution in [0.4, 0.5) is 0 Å². The lowest BCUT2D eigenvalue weighted by molar-refractivity contribution is 0.184. The minimum absolute atomic E-state index is 0.0580. The maximum absolute atomic E-state index is 12.1. The molecule has 0 saturated carbocycles. The Morgan fingerprint density at radius 3 is 2.91 bits per heavy atom. The molecule has 3 rings (SSSR count).